The van der Waals surface area contributed by atoms with E-state index in [-0.39, 0.29) is 42.8 Å². The van der Waals surface area contributed by atoms with E-state index in [1.165, 1.54) is 25.3 Å². The number of likely N-dealkylation sites (N-methyl/N-ethyl adjacent to an activating group) is 1. The second-order valence-corrected chi connectivity index (χ2v) is 6.27. The summed E-state index contributed by atoms with van der Waals surface area (Å²) < 4.78 is 33.6. The maximum absolute atomic E-state index is 14.1. The number of carbonyl (C=O) groups is 1. The molecule has 0 aliphatic carbocycles. The third-order valence-corrected chi connectivity index (χ3v) is 4.63. The molecule has 0 radical (unpaired) electrons. The van der Waals surface area contributed by atoms with Crippen LogP contribution in [0.25, 0.3) is 0 Å². The van der Waals surface area contributed by atoms with Crippen molar-refractivity contribution in [2.24, 2.45) is 0 Å². The van der Waals surface area contributed by atoms with Crippen molar-refractivity contribution in [1.29, 1.82) is 0 Å². The molecule has 1 heterocycles. The summed E-state index contributed by atoms with van der Waals surface area (Å²) in [5, 5.41) is 6.00. The van der Waals surface area contributed by atoms with Gasteiger partial charge in [-0.3, -0.25) is 4.79 Å². The maximum atomic E-state index is 14.1. The third kappa shape index (κ3) is 5.50. The quantitative estimate of drug-likeness (QED) is 0.750. The zero-order chi connectivity index (χ0) is 17.7. The Kier molecular flexibility index (Phi) is 10.6. The number of methoxy groups -OCH3 is 1. The van der Waals surface area contributed by atoms with Gasteiger partial charge >= 0.3 is 0 Å². The maximum Gasteiger partial charge on any atom is 0.252 e. The van der Waals surface area contributed by atoms with Gasteiger partial charge in [-0.1, -0.05) is 6.07 Å². The van der Waals surface area contributed by atoms with Crippen molar-refractivity contribution in [2.45, 2.75) is 24.5 Å². The molecule has 1 fully saturated rings. The van der Waals surface area contributed by atoms with Gasteiger partial charge in [0.1, 0.15) is 17.2 Å². The highest BCUT2D eigenvalue weighted by molar-refractivity contribution is 5.86. The van der Waals surface area contributed by atoms with Gasteiger partial charge in [-0.15, -0.1) is 24.8 Å². The summed E-state index contributed by atoms with van der Waals surface area (Å²) in [5.74, 6) is -1.48. The summed E-state index contributed by atoms with van der Waals surface area (Å²) in [5.41, 5.74) is -0.921. The van der Waals surface area contributed by atoms with Crippen LogP contribution in [-0.2, 0) is 9.53 Å². The van der Waals surface area contributed by atoms with E-state index in [0.717, 1.165) is 0 Å². The van der Waals surface area contributed by atoms with Crippen molar-refractivity contribution >= 4 is 30.7 Å². The first-order valence-corrected chi connectivity index (χ1v) is 8.06. The summed E-state index contributed by atoms with van der Waals surface area (Å²) in [6, 6.07) is 3.17. The molecule has 0 saturated carbocycles. The Bertz CT molecular complexity index is 565. The lowest BCUT2D eigenvalue weighted by atomic mass is 9.91. The highest BCUT2D eigenvalue weighted by atomic mass is 35.5. The second kappa shape index (κ2) is 11.0. The van der Waals surface area contributed by atoms with E-state index in [4.69, 9.17) is 4.74 Å². The van der Waals surface area contributed by atoms with Gasteiger partial charge in [-0.25, -0.2) is 8.78 Å². The zero-order valence-electron chi connectivity index (χ0n) is 15.2. The molecule has 1 atom stereocenters. The molecule has 9 heteroatoms. The lowest BCUT2D eigenvalue weighted by Gasteiger charge is -2.35. The van der Waals surface area contributed by atoms with E-state index in [9.17, 15) is 13.6 Å². The zero-order valence-corrected chi connectivity index (χ0v) is 16.8. The predicted octanol–water partition coefficient (Wildman–Crippen LogP) is 2.30. The summed E-state index contributed by atoms with van der Waals surface area (Å²) in [4.78, 5) is 14.3. The second-order valence-electron chi connectivity index (χ2n) is 6.27. The van der Waals surface area contributed by atoms with Crippen molar-refractivity contribution in [3.63, 3.8) is 0 Å². The Morgan fingerprint density at radius 3 is 2.27 bits per heavy atom. The molecule has 150 valence electrons. The Morgan fingerprint density at radius 1 is 1.27 bits per heavy atom. The molecule has 0 bridgehead atoms. The SMILES string of the molecule is COC1(C(=O)NCC(c2c(F)cccc2F)N(C)C)CCNCC1.Cl.Cl. The van der Waals surface area contributed by atoms with E-state index in [1.807, 2.05) is 0 Å². The number of hydrogen-bond acceptors (Lipinski definition) is 4. The monoisotopic (exact) mass is 413 g/mol. The Morgan fingerprint density at radius 2 is 1.81 bits per heavy atom. The Hall–Kier alpha value is -0.990. The lowest BCUT2D eigenvalue weighted by Crippen LogP contribution is -2.55. The molecule has 1 saturated heterocycles. The number of nitrogens with zero attached hydrogens (tertiary/aromatic N) is 1. The predicted molar refractivity (Wildman–Crippen MR) is 102 cm³/mol. The first-order valence-electron chi connectivity index (χ1n) is 8.06. The molecular formula is C17H27Cl2F2N3O2. The average molecular weight is 414 g/mol. The average Bonchev–Trinajstić information content (AvgIpc) is 2.57. The number of ether oxygens (including phenoxy) is 1. The fourth-order valence-corrected chi connectivity index (χ4v) is 3.08. The van der Waals surface area contributed by atoms with Crippen molar-refractivity contribution in [3.8, 4) is 0 Å². The van der Waals surface area contributed by atoms with E-state index in [0.29, 0.717) is 25.9 Å². The standard InChI is InChI=1S/C17H25F2N3O2.2ClH/c1-22(2)14(15-12(18)5-4-6-13(15)19)11-21-16(23)17(24-3)7-9-20-10-8-17;;/h4-6,14,20H,7-11H2,1-3H3,(H,21,23);2*1H. The summed E-state index contributed by atoms with van der Waals surface area (Å²) >= 11 is 0. The van der Waals surface area contributed by atoms with Gasteiger partial charge in [-0.05, 0) is 52.2 Å². The van der Waals surface area contributed by atoms with E-state index >= 15 is 0 Å². The van der Waals surface area contributed by atoms with Crippen molar-refractivity contribution in [1.82, 2.24) is 15.5 Å². The van der Waals surface area contributed by atoms with E-state index in [1.54, 1.807) is 19.0 Å². The molecule has 2 N–H and O–H groups in total. The highest BCUT2D eigenvalue weighted by Crippen LogP contribution is 2.26. The number of piperidine rings is 1. The normalized spacial score (nSPS) is 17.0. The van der Waals surface area contributed by atoms with Gasteiger partial charge < -0.3 is 20.3 Å². The number of carbonyl (C=O) groups excluding carboxylic acids is 1. The number of rotatable bonds is 6. The summed E-state index contributed by atoms with van der Waals surface area (Å²) in [7, 11) is 4.96. The van der Waals surface area contributed by atoms with E-state index in [2.05, 4.69) is 10.6 Å². The van der Waals surface area contributed by atoms with Gasteiger partial charge in [0.15, 0.2) is 0 Å². The van der Waals surface area contributed by atoms with Crippen LogP contribution in [0.4, 0.5) is 8.78 Å². The van der Waals surface area contributed by atoms with Crippen LogP contribution in [0.2, 0.25) is 0 Å². The Balaban J connectivity index is 0.00000312. The smallest absolute Gasteiger partial charge is 0.252 e. The molecule has 1 aromatic carbocycles. The summed E-state index contributed by atoms with van der Waals surface area (Å²) in [6.07, 6.45) is 1.13. The van der Waals surface area contributed by atoms with E-state index < -0.39 is 23.3 Å². The molecule has 0 spiro atoms. The molecule has 0 aromatic heterocycles. The van der Waals surface area contributed by atoms with Crippen molar-refractivity contribution in [3.05, 3.63) is 35.4 Å². The van der Waals surface area contributed by atoms with Crippen LogP contribution in [0, 0.1) is 11.6 Å². The van der Waals surface area contributed by atoms with Crippen LogP contribution < -0.4 is 10.6 Å². The molecule has 5 nitrogen and oxygen atoms in total. The van der Waals surface area contributed by atoms with Crippen LogP contribution >= 0.6 is 24.8 Å². The van der Waals surface area contributed by atoms with Crippen molar-refractivity contribution < 1.29 is 18.3 Å². The van der Waals surface area contributed by atoms with Crippen LogP contribution in [0.5, 0.6) is 0 Å². The molecule has 26 heavy (non-hydrogen) atoms. The molecule has 2 rings (SSSR count). The van der Waals surface area contributed by atoms with Gasteiger partial charge in [0.05, 0.1) is 6.04 Å². The molecule has 1 amide bonds. The number of nitrogens with one attached hydrogen (secondary N) is 2. The molecule has 1 aliphatic rings. The molecule has 1 aromatic rings. The largest absolute Gasteiger partial charge is 0.368 e. The van der Waals surface area contributed by atoms with Crippen LogP contribution in [-0.4, -0.2) is 57.2 Å². The first kappa shape index (κ1) is 25.0. The number of amides is 1. The minimum Gasteiger partial charge on any atom is -0.368 e. The van der Waals surface area contributed by atoms with Gasteiger partial charge in [0, 0.05) is 19.2 Å². The van der Waals surface area contributed by atoms with Gasteiger partial charge in [-0.2, -0.15) is 0 Å². The van der Waals surface area contributed by atoms with Crippen LogP contribution in [0.3, 0.4) is 0 Å². The fourth-order valence-electron chi connectivity index (χ4n) is 3.08. The number of benzene rings is 1. The minimum atomic E-state index is -0.879. The lowest BCUT2D eigenvalue weighted by molar-refractivity contribution is -0.146. The first-order chi connectivity index (χ1) is 11.4. The summed E-state index contributed by atoms with van der Waals surface area (Å²) in [6.45, 7) is 1.49. The van der Waals surface area contributed by atoms with Gasteiger partial charge in [0.2, 0.25) is 0 Å². The Labute approximate surface area is 165 Å². The number of hydrogen-bond donors (Lipinski definition) is 2. The molecular weight excluding hydrogens is 387 g/mol. The topological polar surface area (TPSA) is 53.6 Å². The van der Waals surface area contributed by atoms with Crippen molar-refractivity contribution in [2.75, 3.05) is 40.8 Å². The third-order valence-electron chi connectivity index (χ3n) is 4.63. The highest BCUT2D eigenvalue weighted by Gasteiger charge is 2.40. The molecule has 1 aliphatic heterocycles. The fraction of sp³-hybridized carbons (Fsp3) is 0.588. The molecule has 1 unspecified atom stereocenters. The van der Waals surface area contributed by atoms with Crippen LogP contribution in [0.1, 0.15) is 24.4 Å². The minimum absolute atomic E-state index is 0. The number of halogens is 4. The van der Waals surface area contributed by atoms with Gasteiger partial charge in [0.25, 0.3) is 5.91 Å². The van der Waals surface area contributed by atoms with Crippen LogP contribution in [0.15, 0.2) is 18.2 Å².